The van der Waals surface area contributed by atoms with Crippen molar-refractivity contribution in [3.8, 4) is 11.5 Å². The highest BCUT2D eigenvalue weighted by Crippen LogP contribution is 2.21. The van der Waals surface area contributed by atoms with Crippen molar-refractivity contribution in [1.29, 1.82) is 0 Å². The van der Waals surface area contributed by atoms with E-state index in [-0.39, 0.29) is 24.7 Å². The first kappa shape index (κ1) is 23.2. The number of aryl methyl sites for hydroxylation is 1. The number of ether oxygens (including phenoxy) is 2. The maximum Gasteiger partial charge on any atom is 0.276 e. The molecule has 0 saturated carbocycles. The predicted octanol–water partition coefficient (Wildman–Crippen LogP) is 3.63. The van der Waals surface area contributed by atoms with Gasteiger partial charge in [0.05, 0.1) is 6.61 Å². The van der Waals surface area contributed by atoms with Crippen molar-refractivity contribution in [2.75, 3.05) is 13.2 Å². The van der Waals surface area contributed by atoms with Crippen LogP contribution in [0.1, 0.15) is 42.1 Å². The Bertz CT molecular complexity index is 884. The highest BCUT2D eigenvalue weighted by atomic mass is 35.5. The van der Waals surface area contributed by atoms with Gasteiger partial charge in [-0.25, -0.2) is 0 Å². The summed E-state index contributed by atoms with van der Waals surface area (Å²) in [5.41, 5.74) is 6.14. The molecule has 0 bridgehead atoms. The van der Waals surface area contributed by atoms with E-state index in [0.717, 1.165) is 11.3 Å². The molecule has 0 aliphatic carbocycles. The molecule has 2 N–H and O–H groups in total. The summed E-state index contributed by atoms with van der Waals surface area (Å²) in [7, 11) is 0. The molecule has 0 fully saturated rings. The second-order valence-corrected chi connectivity index (χ2v) is 6.98. The van der Waals surface area contributed by atoms with Crippen LogP contribution in [0.5, 0.6) is 11.5 Å². The first-order chi connectivity index (χ1) is 14.4. The number of hydrogen-bond acceptors (Lipinski definition) is 5. The number of ketones is 1. The lowest BCUT2D eigenvalue weighted by Crippen LogP contribution is -2.43. The van der Waals surface area contributed by atoms with Crippen LogP contribution in [0, 0.1) is 6.92 Å². The highest BCUT2D eigenvalue weighted by molar-refractivity contribution is 6.30. The summed E-state index contributed by atoms with van der Waals surface area (Å²) >= 11 is 5.90. The topological polar surface area (TPSA) is 93.7 Å². The van der Waals surface area contributed by atoms with Crippen LogP contribution in [0.25, 0.3) is 0 Å². The molecule has 0 aliphatic rings. The third kappa shape index (κ3) is 7.75. The fraction of sp³-hybridized carbons (Fsp3) is 0.318. The molecule has 0 aliphatic heterocycles. The molecule has 2 aromatic rings. The number of benzene rings is 2. The number of hydrazine groups is 1. The van der Waals surface area contributed by atoms with Gasteiger partial charge in [-0.2, -0.15) is 0 Å². The van der Waals surface area contributed by atoms with Crippen LogP contribution in [0.2, 0.25) is 5.02 Å². The molecule has 30 heavy (non-hydrogen) atoms. The Labute approximate surface area is 180 Å². The molecule has 2 aromatic carbocycles. The Kier molecular flexibility index (Phi) is 9.15. The summed E-state index contributed by atoms with van der Waals surface area (Å²) in [5, 5.41) is 0.641. The van der Waals surface area contributed by atoms with Gasteiger partial charge in [-0.15, -0.1) is 0 Å². The zero-order valence-electron chi connectivity index (χ0n) is 17.0. The molecular weight excluding hydrogens is 408 g/mol. The summed E-state index contributed by atoms with van der Waals surface area (Å²) in [6.07, 6.45) is 1.11. The molecule has 0 radical (unpaired) electrons. The Balaban J connectivity index is 1.61. The summed E-state index contributed by atoms with van der Waals surface area (Å²) in [6, 6.07) is 11.9. The summed E-state index contributed by atoms with van der Waals surface area (Å²) in [6.45, 7) is 3.79. The molecule has 8 heteroatoms. The molecule has 0 aromatic heterocycles. The second kappa shape index (κ2) is 11.8. The molecule has 0 heterocycles. The number of carbonyl (C=O) groups is 3. The molecule has 2 amide bonds. The lowest BCUT2D eigenvalue weighted by Gasteiger charge is -2.10. The van der Waals surface area contributed by atoms with E-state index in [4.69, 9.17) is 21.1 Å². The summed E-state index contributed by atoms with van der Waals surface area (Å²) in [4.78, 5) is 35.2. The monoisotopic (exact) mass is 432 g/mol. The number of halogens is 1. The number of rotatable bonds is 10. The van der Waals surface area contributed by atoms with E-state index < -0.39 is 5.91 Å². The van der Waals surface area contributed by atoms with Crippen molar-refractivity contribution in [2.45, 2.75) is 33.1 Å². The van der Waals surface area contributed by atoms with E-state index in [2.05, 4.69) is 10.9 Å². The van der Waals surface area contributed by atoms with Crippen LogP contribution < -0.4 is 20.3 Å². The molecule has 0 spiro atoms. The van der Waals surface area contributed by atoms with Crippen LogP contribution in [-0.2, 0) is 9.59 Å². The second-order valence-electron chi connectivity index (χ2n) is 6.55. The minimum atomic E-state index is -0.495. The average Bonchev–Trinajstić information content (AvgIpc) is 2.74. The maximum atomic E-state index is 11.8. The van der Waals surface area contributed by atoms with E-state index in [0.29, 0.717) is 35.8 Å². The van der Waals surface area contributed by atoms with Gasteiger partial charge in [-0.05, 0) is 61.4 Å². The quantitative estimate of drug-likeness (QED) is 0.339. The Morgan fingerprint density at radius 3 is 2.33 bits per heavy atom. The van der Waals surface area contributed by atoms with Crippen LogP contribution in [0.4, 0.5) is 0 Å². The minimum absolute atomic E-state index is 0.0377. The summed E-state index contributed by atoms with van der Waals surface area (Å²) in [5.74, 6) is 0.388. The van der Waals surface area contributed by atoms with Crippen molar-refractivity contribution in [1.82, 2.24) is 10.9 Å². The van der Waals surface area contributed by atoms with Crippen LogP contribution in [0.3, 0.4) is 0 Å². The van der Waals surface area contributed by atoms with Gasteiger partial charge in [0.2, 0.25) is 5.91 Å². The van der Waals surface area contributed by atoms with E-state index in [1.165, 1.54) is 0 Å². The zero-order valence-corrected chi connectivity index (χ0v) is 17.8. The lowest BCUT2D eigenvalue weighted by molar-refractivity contribution is -0.130. The molecule has 160 valence electrons. The Morgan fingerprint density at radius 2 is 1.67 bits per heavy atom. The van der Waals surface area contributed by atoms with Gasteiger partial charge in [0.25, 0.3) is 5.91 Å². The third-order valence-corrected chi connectivity index (χ3v) is 4.39. The minimum Gasteiger partial charge on any atom is -0.493 e. The largest absolute Gasteiger partial charge is 0.493 e. The smallest absolute Gasteiger partial charge is 0.276 e. The van der Waals surface area contributed by atoms with E-state index in [1.807, 2.05) is 6.92 Å². The number of amides is 2. The van der Waals surface area contributed by atoms with Crippen LogP contribution >= 0.6 is 11.6 Å². The third-order valence-electron chi connectivity index (χ3n) is 4.15. The molecule has 2 rings (SSSR count). The van der Waals surface area contributed by atoms with Gasteiger partial charge in [-0.1, -0.05) is 18.5 Å². The van der Waals surface area contributed by atoms with E-state index >= 15 is 0 Å². The average molecular weight is 433 g/mol. The fourth-order valence-corrected chi connectivity index (χ4v) is 2.74. The summed E-state index contributed by atoms with van der Waals surface area (Å²) < 4.78 is 11.0. The Morgan fingerprint density at radius 1 is 0.967 bits per heavy atom. The SMILES string of the molecule is CCC(=O)c1ccc(OCC(=O)NNC(=O)CCCOc2ccc(Cl)cc2C)cc1. The predicted molar refractivity (Wildman–Crippen MR) is 114 cm³/mol. The molecular formula is C22H25ClN2O5. The van der Waals surface area contributed by atoms with Gasteiger partial charge < -0.3 is 9.47 Å². The van der Waals surface area contributed by atoms with Crippen LogP contribution in [-0.4, -0.2) is 30.8 Å². The van der Waals surface area contributed by atoms with Crippen molar-refractivity contribution >= 4 is 29.2 Å². The number of nitrogens with one attached hydrogen (secondary N) is 2. The standard InChI is InChI=1S/C22H25ClN2O5/c1-3-19(26)16-6-9-18(10-7-16)30-14-22(28)25-24-21(27)5-4-12-29-20-11-8-17(23)13-15(20)2/h6-11,13H,3-5,12,14H2,1-2H3,(H,24,27)(H,25,28). The van der Waals surface area contributed by atoms with Gasteiger partial charge in [-0.3, -0.25) is 25.2 Å². The first-order valence-corrected chi connectivity index (χ1v) is 9.99. The molecule has 0 atom stereocenters. The first-order valence-electron chi connectivity index (χ1n) is 9.61. The fourth-order valence-electron chi connectivity index (χ4n) is 2.52. The van der Waals surface area contributed by atoms with Gasteiger partial charge in [0.15, 0.2) is 12.4 Å². The normalized spacial score (nSPS) is 10.2. The van der Waals surface area contributed by atoms with E-state index in [1.54, 1.807) is 49.4 Å². The van der Waals surface area contributed by atoms with Crippen molar-refractivity contribution < 1.29 is 23.9 Å². The van der Waals surface area contributed by atoms with Gasteiger partial charge in [0.1, 0.15) is 11.5 Å². The highest BCUT2D eigenvalue weighted by Gasteiger charge is 2.08. The van der Waals surface area contributed by atoms with Gasteiger partial charge >= 0.3 is 0 Å². The zero-order chi connectivity index (χ0) is 21.9. The lowest BCUT2D eigenvalue weighted by atomic mass is 10.1. The molecule has 0 unspecified atom stereocenters. The molecule has 0 saturated heterocycles. The van der Waals surface area contributed by atoms with E-state index in [9.17, 15) is 14.4 Å². The number of carbonyl (C=O) groups excluding carboxylic acids is 3. The van der Waals surface area contributed by atoms with Gasteiger partial charge in [0, 0.05) is 23.4 Å². The Hall–Kier alpha value is -3.06. The van der Waals surface area contributed by atoms with Crippen molar-refractivity contribution in [2.24, 2.45) is 0 Å². The number of Topliss-reactive ketones (excluding diaryl/α,β-unsaturated/α-hetero) is 1. The van der Waals surface area contributed by atoms with Crippen LogP contribution in [0.15, 0.2) is 42.5 Å². The van der Waals surface area contributed by atoms with Crippen molar-refractivity contribution in [3.05, 3.63) is 58.6 Å². The van der Waals surface area contributed by atoms with Crippen molar-refractivity contribution in [3.63, 3.8) is 0 Å². The molecule has 7 nitrogen and oxygen atoms in total. The maximum absolute atomic E-state index is 11.8. The number of hydrogen-bond donors (Lipinski definition) is 2.